The molecule has 0 bridgehead atoms. The lowest BCUT2D eigenvalue weighted by molar-refractivity contribution is -0.140. The number of carbonyl (C=O) groups excluding carboxylic acids is 2. The molecular weight excluding hydrogens is 444 g/mol. The number of aliphatic hydroxyl groups excluding tert-OH is 1. The monoisotopic (exact) mass is 472 g/mol. The summed E-state index contributed by atoms with van der Waals surface area (Å²) < 4.78 is 5.39. The van der Waals surface area contributed by atoms with Gasteiger partial charge in [0, 0.05) is 13.1 Å². The smallest absolute Gasteiger partial charge is 0.295 e. The number of nitrogens with zero attached hydrogens (tertiary/aromatic N) is 2. The number of carbonyl (C=O) groups is 2. The van der Waals surface area contributed by atoms with Gasteiger partial charge < -0.3 is 24.7 Å². The molecule has 1 saturated heterocycles. The fourth-order valence-corrected chi connectivity index (χ4v) is 4.55. The maximum atomic E-state index is 13.2. The zero-order chi connectivity index (χ0) is 24.3. The first-order chi connectivity index (χ1) is 15.7. The molecule has 0 aromatic heterocycles. The number of aryl methyl sites for hydroxylation is 1. The third-order valence-electron chi connectivity index (χ3n) is 5.92. The first-order valence-corrected chi connectivity index (χ1v) is 11.2. The Bertz CT molecular complexity index is 1090. The van der Waals surface area contributed by atoms with E-state index >= 15 is 0 Å². The van der Waals surface area contributed by atoms with Crippen LogP contribution in [0.1, 0.15) is 36.6 Å². The lowest BCUT2D eigenvalue weighted by Gasteiger charge is -2.28. The minimum atomic E-state index is -0.864. The van der Waals surface area contributed by atoms with E-state index in [1.807, 2.05) is 13.8 Å². The Balaban J connectivity index is 2.20. The van der Waals surface area contributed by atoms with E-state index in [0.717, 1.165) is 18.7 Å². The number of amides is 1. The first kappa shape index (κ1) is 24.6. The topological polar surface area (TPSA) is 90.3 Å². The Kier molecular flexibility index (Phi) is 7.66. The highest BCUT2D eigenvalue weighted by Gasteiger charge is 2.46. The van der Waals surface area contributed by atoms with Gasteiger partial charge in [0.25, 0.3) is 11.7 Å². The molecule has 0 saturated carbocycles. The van der Waals surface area contributed by atoms with Crippen molar-refractivity contribution in [3.05, 3.63) is 63.7 Å². The number of ketones is 1. The normalized spacial score (nSPS) is 17.8. The van der Waals surface area contributed by atoms with E-state index in [-0.39, 0.29) is 40.0 Å². The van der Waals surface area contributed by atoms with Crippen LogP contribution < -0.4 is 4.74 Å². The number of aliphatic hydroxyl groups is 1. The highest BCUT2D eigenvalue weighted by molar-refractivity contribution is 6.46. The SMILES string of the molecule is CCN(CC)CCN1C(=O)C(=O)/C(=C(/O)c2cc(C)cc(Cl)c2OC)C1c1cccc(O)c1. The van der Waals surface area contributed by atoms with Gasteiger partial charge in [-0.15, -0.1) is 0 Å². The summed E-state index contributed by atoms with van der Waals surface area (Å²) in [5.74, 6) is -1.65. The molecule has 176 valence electrons. The summed E-state index contributed by atoms with van der Waals surface area (Å²) in [5.41, 5.74) is 1.44. The minimum Gasteiger partial charge on any atom is -0.508 e. The van der Waals surface area contributed by atoms with Crippen LogP contribution in [-0.2, 0) is 9.59 Å². The minimum absolute atomic E-state index is 0.00184. The average Bonchev–Trinajstić information content (AvgIpc) is 3.03. The molecule has 3 rings (SSSR count). The van der Waals surface area contributed by atoms with E-state index < -0.39 is 17.7 Å². The summed E-state index contributed by atoms with van der Waals surface area (Å²) in [5, 5.41) is 21.7. The number of likely N-dealkylation sites (tertiary alicyclic amines) is 1. The van der Waals surface area contributed by atoms with Crippen molar-refractivity contribution in [1.82, 2.24) is 9.80 Å². The lowest BCUT2D eigenvalue weighted by Crippen LogP contribution is -2.38. The van der Waals surface area contributed by atoms with Gasteiger partial charge in [0.05, 0.1) is 29.3 Å². The van der Waals surface area contributed by atoms with Crippen LogP contribution in [0.5, 0.6) is 11.5 Å². The number of phenolic OH excluding ortho intramolecular Hbond substituents is 1. The fraction of sp³-hybridized carbons (Fsp3) is 0.360. The summed E-state index contributed by atoms with van der Waals surface area (Å²) in [6.45, 7) is 8.31. The van der Waals surface area contributed by atoms with Gasteiger partial charge in [0.2, 0.25) is 0 Å². The van der Waals surface area contributed by atoms with Crippen LogP contribution in [0.3, 0.4) is 0 Å². The number of Topliss-reactive ketones (excluding diaryl/α,β-unsaturated/α-hetero) is 1. The zero-order valence-electron chi connectivity index (χ0n) is 19.3. The van der Waals surface area contributed by atoms with Crippen LogP contribution in [0, 0.1) is 6.92 Å². The predicted octanol–water partition coefficient (Wildman–Crippen LogP) is 4.13. The van der Waals surface area contributed by atoms with Gasteiger partial charge in [-0.1, -0.05) is 37.6 Å². The Hall–Kier alpha value is -3.03. The number of methoxy groups -OCH3 is 1. The van der Waals surface area contributed by atoms with Gasteiger partial charge in [-0.05, 0) is 55.4 Å². The van der Waals surface area contributed by atoms with E-state index in [2.05, 4.69) is 4.90 Å². The van der Waals surface area contributed by atoms with Gasteiger partial charge in [0.15, 0.2) is 0 Å². The number of rotatable bonds is 8. The second-order valence-corrected chi connectivity index (χ2v) is 8.35. The molecule has 7 nitrogen and oxygen atoms in total. The molecule has 1 aliphatic heterocycles. The molecule has 0 spiro atoms. The predicted molar refractivity (Wildman–Crippen MR) is 128 cm³/mol. The average molecular weight is 473 g/mol. The quantitative estimate of drug-likeness (QED) is 0.341. The maximum absolute atomic E-state index is 13.2. The van der Waals surface area contributed by atoms with Crippen LogP contribution in [0.4, 0.5) is 0 Å². The summed E-state index contributed by atoms with van der Waals surface area (Å²) in [6, 6.07) is 8.84. The van der Waals surface area contributed by atoms with Crippen LogP contribution in [0.15, 0.2) is 42.0 Å². The van der Waals surface area contributed by atoms with Gasteiger partial charge in [-0.2, -0.15) is 0 Å². The van der Waals surface area contributed by atoms with Crippen molar-refractivity contribution in [3.63, 3.8) is 0 Å². The maximum Gasteiger partial charge on any atom is 0.295 e. The number of halogens is 1. The van der Waals surface area contributed by atoms with Gasteiger partial charge in [-0.3, -0.25) is 9.59 Å². The highest BCUT2D eigenvalue weighted by Crippen LogP contribution is 2.43. The van der Waals surface area contributed by atoms with E-state index in [1.54, 1.807) is 31.2 Å². The van der Waals surface area contributed by atoms with Crippen molar-refractivity contribution in [2.75, 3.05) is 33.3 Å². The summed E-state index contributed by atoms with van der Waals surface area (Å²) in [4.78, 5) is 29.9. The standard InChI is InChI=1S/C25H29ClN2O5/c1-5-27(6-2)10-11-28-21(16-8-7-9-17(29)14-16)20(23(31)25(28)32)22(30)18-12-15(3)13-19(26)24(18)33-4/h7-9,12-14,21,29-30H,5-6,10-11H2,1-4H3/b22-20+. The second kappa shape index (κ2) is 10.3. The van der Waals surface area contributed by atoms with Crippen molar-refractivity contribution in [2.24, 2.45) is 0 Å². The Labute approximate surface area is 198 Å². The zero-order valence-corrected chi connectivity index (χ0v) is 20.0. The molecule has 1 fully saturated rings. The Morgan fingerprint density at radius 3 is 2.48 bits per heavy atom. The molecule has 1 atom stereocenters. The van der Waals surface area contributed by atoms with Crippen molar-refractivity contribution in [2.45, 2.75) is 26.8 Å². The first-order valence-electron chi connectivity index (χ1n) is 10.9. The molecule has 0 aliphatic carbocycles. The number of aromatic hydroxyl groups is 1. The number of hydrogen-bond donors (Lipinski definition) is 2. The largest absolute Gasteiger partial charge is 0.508 e. The molecule has 33 heavy (non-hydrogen) atoms. The molecule has 2 aromatic carbocycles. The number of ether oxygens (including phenoxy) is 1. The number of likely N-dealkylation sites (N-methyl/N-ethyl adjacent to an activating group) is 1. The molecule has 1 amide bonds. The van der Waals surface area contributed by atoms with Gasteiger partial charge >= 0.3 is 0 Å². The lowest BCUT2D eigenvalue weighted by atomic mass is 9.94. The molecular formula is C25H29ClN2O5. The van der Waals surface area contributed by atoms with Crippen LogP contribution in [-0.4, -0.2) is 65.0 Å². The molecule has 8 heteroatoms. The third-order valence-corrected chi connectivity index (χ3v) is 6.21. The van der Waals surface area contributed by atoms with E-state index in [1.165, 1.54) is 24.1 Å². The molecule has 2 N–H and O–H groups in total. The molecule has 1 aliphatic rings. The highest BCUT2D eigenvalue weighted by atomic mass is 35.5. The third kappa shape index (κ3) is 4.84. The van der Waals surface area contributed by atoms with Crippen LogP contribution >= 0.6 is 11.6 Å². The van der Waals surface area contributed by atoms with Crippen LogP contribution in [0.2, 0.25) is 5.02 Å². The molecule has 0 radical (unpaired) electrons. The summed E-state index contributed by atoms with van der Waals surface area (Å²) in [6.07, 6.45) is 0. The molecule has 1 unspecified atom stereocenters. The van der Waals surface area contributed by atoms with Crippen molar-refractivity contribution in [3.8, 4) is 11.5 Å². The van der Waals surface area contributed by atoms with E-state index in [4.69, 9.17) is 16.3 Å². The molecule has 1 heterocycles. The van der Waals surface area contributed by atoms with Gasteiger partial charge in [0.1, 0.15) is 17.3 Å². The van der Waals surface area contributed by atoms with Crippen molar-refractivity contribution < 1.29 is 24.5 Å². The number of phenols is 1. The Morgan fingerprint density at radius 1 is 1.18 bits per heavy atom. The van der Waals surface area contributed by atoms with E-state index in [9.17, 15) is 19.8 Å². The fourth-order valence-electron chi connectivity index (χ4n) is 4.20. The number of hydrogen-bond acceptors (Lipinski definition) is 6. The number of benzene rings is 2. The molecule has 2 aromatic rings. The second-order valence-electron chi connectivity index (χ2n) is 7.94. The van der Waals surface area contributed by atoms with E-state index in [0.29, 0.717) is 12.1 Å². The van der Waals surface area contributed by atoms with Crippen LogP contribution in [0.25, 0.3) is 5.76 Å². The van der Waals surface area contributed by atoms with Gasteiger partial charge in [-0.25, -0.2) is 0 Å². The summed E-state index contributed by atoms with van der Waals surface area (Å²) >= 11 is 6.31. The van der Waals surface area contributed by atoms with Crippen molar-refractivity contribution in [1.29, 1.82) is 0 Å². The Morgan fingerprint density at radius 2 is 1.88 bits per heavy atom. The van der Waals surface area contributed by atoms with Crippen molar-refractivity contribution >= 4 is 29.1 Å². The summed E-state index contributed by atoms with van der Waals surface area (Å²) in [7, 11) is 1.42.